The summed E-state index contributed by atoms with van der Waals surface area (Å²) in [5.74, 6) is 1.66. The fraction of sp³-hybridized carbons (Fsp3) is 0.538. The van der Waals surface area contributed by atoms with Gasteiger partial charge in [-0.3, -0.25) is 0 Å². The van der Waals surface area contributed by atoms with Crippen molar-refractivity contribution >= 4 is 0 Å². The molecule has 2 heteroatoms. The molecule has 15 heavy (non-hydrogen) atoms. The molecule has 0 aliphatic rings. The van der Waals surface area contributed by atoms with E-state index in [1.165, 1.54) is 12.0 Å². The van der Waals surface area contributed by atoms with E-state index in [1.54, 1.807) is 7.11 Å². The molecule has 1 atom stereocenters. The van der Waals surface area contributed by atoms with Crippen LogP contribution in [0.1, 0.15) is 18.9 Å². The molecule has 1 unspecified atom stereocenters. The first-order valence-corrected chi connectivity index (χ1v) is 5.53. The highest BCUT2D eigenvalue weighted by Crippen LogP contribution is 2.15. The van der Waals surface area contributed by atoms with Crippen LogP contribution in [0, 0.1) is 5.92 Å². The van der Waals surface area contributed by atoms with Crippen molar-refractivity contribution in [1.82, 2.24) is 5.32 Å². The van der Waals surface area contributed by atoms with Gasteiger partial charge in [-0.1, -0.05) is 19.1 Å². The maximum absolute atomic E-state index is 5.13. The van der Waals surface area contributed by atoms with Crippen LogP contribution in [0.25, 0.3) is 0 Å². The lowest BCUT2D eigenvalue weighted by molar-refractivity contribution is 0.414. The van der Waals surface area contributed by atoms with E-state index < -0.39 is 0 Å². The standard InChI is InChI=1S/C13H21NO/c1-11(8-9-14-2)10-12-4-6-13(15-3)7-5-12/h4-7,11,14H,8-10H2,1-3H3. The number of rotatable bonds is 6. The summed E-state index contributed by atoms with van der Waals surface area (Å²) in [5, 5.41) is 3.18. The van der Waals surface area contributed by atoms with Crippen molar-refractivity contribution in [1.29, 1.82) is 0 Å². The predicted octanol–water partition coefficient (Wildman–Crippen LogP) is 2.48. The van der Waals surface area contributed by atoms with Gasteiger partial charge in [-0.15, -0.1) is 0 Å². The molecule has 0 heterocycles. The summed E-state index contributed by atoms with van der Waals surface area (Å²) in [6, 6.07) is 8.35. The van der Waals surface area contributed by atoms with E-state index in [2.05, 4.69) is 24.4 Å². The Morgan fingerprint density at radius 2 is 1.93 bits per heavy atom. The molecule has 0 spiro atoms. The van der Waals surface area contributed by atoms with E-state index in [9.17, 15) is 0 Å². The van der Waals surface area contributed by atoms with Crippen molar-refractivity contribution in [2.75, 3.05) is 20.7 Å². The van der Waals surface area contributed by atoms with Gasteiger partial charge in [0.15, 0.2) is 0 Å². The molecule has 0 radical (unpaired) electrons. The number of hydrogen-bond donors (Lipinski definition) is 1. The van der Waals surface area contributed by atoms with Crippen molar-refractivity contribution < 1.29 is 4.74 Å². The first-order chi connectivity index (χ1) is 7.26. The average molecular weight is 207 g/mol. The molecule has 0 fully saturated rings. The third-order valence-corrected chi connectivity index (χ3v) is 2.63. The summed E-state index contributed by atoms with van der Waals surface area (Å²) in [6.07, 6.45) is 2.37. The summed E-state index contributed by atoms with van der Waals surface area (Å²) >= 11 is 0. The van der Waals surface area contributed by atoms with Crippen LogP contribution in [-0.4, -0.2) is 20.7 Å². The van der Waals surface area contributed by atoms with E-state index in [0.717, 1.165) is 24.6 Å². The summed E-state index contributed by atoms with van der Waals surface area (Å²) in [6.45, 7) is 3.39. The van der Waals surface area contributed by atoms with Crippen molar-refractivity contribution in [3.63, 3.8) is 0 Å². The number of benzene rings is 1. The molecule has 0 aliphatic carbocycles. The lowest BCUT2D eigenvalue weighted by atomic mass is 9.98. The lowest BCUT2D eigenvalue weighted by Crippen LogP contribution is -2.12. The molecule has 0 aromatic heterocycles. The van der Waals surface area contributed by atoms with Gasteiger partial charge in [0.1, 0.15) is 5.75 Å². The second-order valence-electron chi connectivity index (χ2n) is 4.05. The Morgan fingerprint density at radius 3 is 2.47 bits per heavy atom. The Kier molecular flexibility index (Phi) is 5.19. The zero-order valence-electron chi connectivity index (χ0n) is 9.92. The molecule has 1 aromatic carbocycles. The van der Waals surface area contributed by atoms with Crippen molar-refractivity contribution in [3.05, 3.63) is 29.8 Å². The van der Waals surface area contributed by atoms with Crippen molar-refractivity contribution in [2.24, 2.45) is 5.92 Å². The summed E-state index contributed by atoms with van der Waals surface area (Å²) in [4.78, 5) is 0. The highest BCUT2D eigenvalue weighted by atomic mass is 16.5. The fourth-order valence-electron chi connectivity index (χ4n) is 1.66. The van der Waals surface area contributed by atoms with Gasteiger partial charge in [-0.05, 0) is 50.0 Å². The van der Waals surface area contributed by atoms with E-state index in [0.29, 0.717) is 0 Å². The van der Waals surface area contributed by atoms with Gasteiger partial charge in [0.25, 0.3) is 0 Å². The molecule has 0 aliphatic heterocycles. The minimum atomic E-state index is 0.728. The molecule has 1 rings (SSSR count). The zero-order chi connectivity index (χ0) is 11.1. The number of ether oxygens (including phenoxy) is 1. The first kappa shape index (κ1) is 12.1. The Balaban J connectivity index is 2.42. The largest absolute Gasteiger partial charge is 0.497 e. The van der Waals surface area contributed by atoms with Gasteiger partial charge in [0, 0.05) is 0 Å². The highest BCUT2D eigenvalue weighted by Gasteiger charge is 2.03. The molecule has 0 amide bonds. The van der Waals surface area contributed by atoms with E-state index in [1.807, 2.05) is 19.2 Å². The van der Waals surface area contributed by atoms with Gasteiger partial charge < -0.3 is 10.1 Å². The minimum Gasteiger partial charge on any atom is -0.497 e. The van der Waals surface area contributed by atoms with Crippen LogP contribution in [0.15, 0.2) is 24.3 Å². The Labute approximate surface area is 92.6 Å². The monoisotopic (exact) mass is 207 g/mol. The number of hydrogen-bond acceptors (Lipinski definition) is 2. The quantitative estimate of drug-likeness (QED) is 0.773. The van der Waals surface area contributed by atoms with Crippen LogP contribution >= 0.6 is 0 Å². The van der Waals surface area contributed by atoms with Crippen molar-refractivity contribution in [2.45, 2.75) is 19.8 Å². The predicted molar refractivity (Wildman–Crippen MR) is 64.4 cm³/mol. The van der Waals surface area contributed by atoms with Crippen LogP contribution in [0.4, 0.5) is 0 Å². The third kappa shape index (κ3) is 4.34. The Morgan fingerprint density at radius 1 is 1.27 bits per heavy atom. The fourth-order valence-corrected chi connectivity index (χ4v) is 1.66. The molecular formula is C13H21NO. The molecule has 0 saturated heterocycles. The van der Waals surface area contributed by atoms with E-state index in [4.69, 9.17) is 4.74 Å². The summed E-state index contributed by atoms with van der Waals surface area (Å²) in [7, 11) is 3.70. The molecule has 0 saturated carbocycles. The second kappa shape index (κ2) is 6.46. The molecule has 84 valence electrons. The molecular weight excluding hydrogens is 186 g/mol. The average Bonchev–Trinajstić information content (AvgIpc) is 2.27. The topological polar surface area (TPSA) is 21.3 Å². The molecule has 0 bridgehead atoms. The first-order valence-electron chi connectivity index (χ1n) is 5.53. The van der Waals surface area contributed by atoms with Gasteiger partial charge in [-0.2, -0.15) is 0 Å². The molecule has 1 N–H and O–H groups in total. The number of methoxy groups -OCH3 is 1. The van der Waals surface area contributed by atoms with Gasteiger partial charge in [-0.25, -0.2) is 0 Å². The molecule has 1 aromatic rings. The highest BCUT2D eigenvalue weighted by molar-refractivity contribution is 5.27. The van der Waals surface area contributed by atoms with Gasteiger partial charge in [0.2, 0.25) is 0 Å². The lowest BCUT2D eigenvalue weighted by Gasteiger charge is -2.11. The van der Waals surface area contributed by atoms with Crippen LogP contribution in [0.5, 0.6) is 5.75 Å². The SMILES string of the molecule is CNCCC(C)Cc1ccc(OC)cc1. The normalized spacial score (nSPS) is 12.5. The summed E-state index contributed by atoms with van der Waals surface area (Å²) in [5.41, 5.74) is 1.39. The van der Waals surface area contributed by atoms with Crippen LogP contribution in [-0.2, 0) is 6.42 Å². The van der Waals surface area contributed by atoms with Crippen LogP contribution < -0.4 is 10.1 Å². The van der Waals surface area contributed by atoms with Gasteiger partial charge in [0.05, 0.1) is 7.11 Å². The van der Waals surface area contributed by atoms with Crippen molar-refractivity contribution in [3.8, 4) is 5.75 Å². The smallest absolute Gasteiger partial charge is 0.118 e. The molecule has 2 nitrogen and oxygen atoms in total. The van der Waals surface area contributed by atoms with Crippen LogP contribution in [0.2, 0.25) is 0 Å². The third-order valence-electron chi connectivity index (χ3n) is 2.63. The van der Waals surface area contributed by atoms with Crippen LogP contribution in [0.3, 0.4) is 0 Å². The second-order valence-corrected chi connectivity index (χ2v) is 4.05. The van der Waals surface area contributed by atoms with E-state index in [-0.39, 0.29) is 0 Å². The zero-order valence-corrected chi connectivity index (χ0v) is 9.92. The number of nitrogens with one attached hydrogen (secondary N) is 1. The minimum absolute atomic E-state index is 0.728. The van der Waals surface area contributed by atoms with E-state index >= 15 is 0 Å². The summed E-state index contributed by atoms with van der Waals surface area (Å²) < 4.78 is 5.13. The Bertz CT molecular complexity index is 268. The maximum atomic E-state index is 5.13. The Hall–Kier alpha value is -1.02. The van der Waals surface area contributed by atoms with Gasteiger partial charge >= 0.3 is 0 Å². The maximum Gasteiger partial charge on any atom is 0.118 e.